The first-order chi connectivity index (χ1) is 3.89. The van der Waals surface area contributed by atoms with Crippen molar-refractivity contribution < 1.29 is 18.3 Å². The van der Waals surface area contributed by atoms with Crippen molar-refractivity contribution >= 4 is 0 Å². The fraction of sp³-hybridized carbons (Fsp3) is 1.00. The average molecular weight is 141 g/mol. The fourth-order valence-corrected chi connectivity index (χ4v) is 0.252. The van der Waals surface area contributed by atoms with Crippen LogP contribution in [0.4, 0.5) is 13.2 Å². The van der Waals surface area contributed by atoms with E-state index in [1.165, 1.54) is 0 Å². The molecule has 0 amide bonds. The molecule has 0 aliphatic carbocycles. The van der Waals surface area contributed by atoms with E-state index in [1.807, 2.05) is 0 Å². The van der Waals surface area contributed by atoms with Crippen LogP contribution in [0.2, 0.25) is 0 Å². The van der Waals surface area contributed by atoms with Gasteiger partial charge in [0.25, 0.3) is 6.43 Å². The van der Waals surface area contributed by atoms with Gasteiger partial charge in [-0.3, -0.25) is 0 Å². The summed E-state index contributed by atoms with van der Waals surface area (Å²) in [6, 6.07) is 0. The van der Waals surface area contributed by atoms with Crippen molar-refractivity contribution in [2.45, 2.75) is 26.1 Å². The molecule has 0 spiro atoms. The largest absolute Gasteiger partial charge is 0.302 e. The highest BCUT2D eigenvalue weighted by Crippen LogP contribution is 2.26. The van der Waals surface area contributed by atoms with E-state index < -0.39 is 18.2 Å². The van der Waals surface area contributed by atoms with E-state index in [0.29, 0.717) is 0 Å². The van der Waals surface area contributed by atoms with Gasteiger partial charge in [0.05, 0.1) is 0 Å². The Morgan fingerprint density at radius 3 is 1.67 bits per heavy atom. The van der Waals surface area contributed by atoms with Crippen molar-refractivity contribution in [3.8, 4) is 0 Å². The second-order valence-corrected chi connectivity index (χ2v) is 2.15. The quantitative estimate of drug-likeness (QED) is 0.560. The molecule has 0 rings (SSSR count). The first kappa shape index (κ1) is 8.75. The van der Waals surface area contributed by atoms with Gasteiger partial charge in [0.2, 0.25) is 0 Å². The number of rotatable bonds is 2. The van der Waals surface area contributed by atoms with E-state index in [4.69, 9.17) is 0 Å². The minimum absolute atomic E-state index is 1.12. The molecule has 4 heteroatoms. The van der Waals surface area contributed by atoms with E-state index >= 15 is 0 Å². The standard InChI is InChI=1S/C5H8F3O/c1-3(2)5(8,9)4(6)7/h3-4H,1-2H3. The normalized spacial score (nSPS) is 18.7. The van der Waals surface area contributed by atoms with E-state index in [2.05, 4.69) is 0 Å². The van der Waals surface area contributed by atoms with Crippen molar-refractivity contribution in [1.29, 1.82) is 0 Å². The Morgan fingerprint density at radius 1 is 1.33 bits per heavy atom. The Morgan fingerprint density at radius 2 is 1.67 bits per heavy atom. The van der Waals surface area contributed by atoms with Crippen molar-refractivity contribution in [1.82, 2.24) is 0 Å². The maximum Gasteiger partial charge on any atom is 0.302 e. The Balaban J connectivity index is 4.01. The number of halogens is 3. The maximum atomic E-state index is 12.0. The first-order valence-corrected chi connectivity index (χ1v) is 2.56. The molecule has 9 heavy (non-hydrogen) atoms. The Kier molecular flexibility index (Phi) is 2.49. The van der Waals surface area contributed by atoms with Crippen LogP contribution < -0.4 is 0 Å². The van der Waals surface area contributed by atoms with Gasteiger partial charge in [-0.2, -0.15) is 5.11 Å². The smallest absolute Gasteiger partial charge is 0.204 e. The zero-order valence-corrected chi connectivity index (χ0v) is 5.20. The minimum atomic E-state index is -3.58. The molecule has 0 N–H and O–H groups in total. The summed E-state index contributed by atoms with van der Waals surface area (Å²) in [5, 5.41) is 10.1. The van der Waals surface area contributed by atoms with Crippen molar-refractivity contribution in [2.24, 2.45) is 5.92 Å². The number of alkyl halides is 3. The predicted molar refractivity (Wildman–Crippen MR) is 25.4 cm³/mol. The van der Waals surface area contributed by atoms with Crippen molar-refractivity contribution in [3.63, 3.8) is 0 Å². The molecule has 0 aliphatic heterocycles. The third kappa shape index (κ3) is 1.86. The van der Waals surface area contributed by atoms with E-state index in [0.717, 1.165) is 13.8 Å². The third-order valence-corrected chi connectivity index (χ3v) is 1.08. The summed E-state index contributed by atoms with van der Waals surface area (Å²) in [5.74, 6) is -4.77. The zero-order chi connectivity index (χ0) is 7.65. The van der Waals surface area contributed by atoms with Crippen LogP contribution in [0, 0.1) is 5.92 Å². The lowest BCUT2D eigenvalue weighted by atomic mass is 10.1. The molecule has 1 radical (unpaired) electrons. The second-order valence-electron chi connectivity index (χ2n) is 2.15. The lowest BCUT2D eigenvalue weighted by molar-refractivity contribution is -0.248. The molecule has 0 fully saturated rings. The monoisotopic (exact) mass is 141 g/mol. The van der Waals surface area contributed by atoms with Gasteiger partial charge in [0.1, 0.15) is 0 Å². The molecular weight excluding hydrogens is 133 g/mol. The minimum Gasteiger partial charge on any atom is -0.204 e. The molecule has 0 saturated heterocycles. The van der Waals surface area contributed by atoms with Crippen LogP contribution in [0.3, 0.4) is 0 Å². The summed E-state index contributed by atoms with van der Waals surface area (Å²) in [7, 11) is 0. The predicted octanol–water partition coefficient (Wildman–Crippen LogP) is 2.00. The number of hydrogen-bond acceptors (Lipinski definition) is 0. The van der Waals surface area contributed by atoms with Crippen LogP contribution in [-0.2, 0) is 5.11 Å². The van der Waals surface area contributed by atoms with Gasteiger partial charge in [-0.1, -0.05) is 13.8 Å². The Bertz CT molecular complexity index is 80.2. The molecule has 0 aliphatic rings. The van der Waals surface area contributed by atoms with E-state index in [9.17, 15) is 18.3 Å². The topological polar surface area (TPSA) is 19.9 Å². The molecule has 55 valence electrons. The van der Waals surface area contributed by atoms with Crippen molar-refractivity contribution in [3.05, 3.63) is 0 Å². The average Bonchev–Trinajstić information content (AvgIpc) is 1.65. The van der Waals surface area contributed by atoms with Gasteiger partial charge in [0, 0.05) is 5.92 Å². The maximum absolute atomic E-state index is 12.0. The second kappa shape index (κ2) is 2.56. The molecular formula is C5H8F3O. The van der Waals surface area contributed by atoms with Crippen LogP contribution >= 0.6 is 0 Å². The van der Waals surface area contributed by atoms with Crippen LogP contribution in [0.15, 0.2) is 0 Å². The van der Waals surface area contributed by atoms with Gasteiger partial charge in [-0.05, 0) is 0 Å². The summed E-state index contributed by atoms with van der Waals surface area (Å²) >= 11 is 0. The molecule has 0 heterocycles. The fourth-order valence-electron chi connectivity index (χ4n) is 0.252. The Labute approximate surface area is 51.5 Å². The van der Waals surface area contributed by atoms with E-state index in [1.54, 1.807) is 0 Å². The van der Waals surface area contributed by atoms with E-state index in [-0.39, 0.29) is 0 Å². The lowest BCUT2D eigenvalue weighted by Crippen LogP contribution is -2.35. The molecule has 0 aromatic rings. The number of hydrogen-bond donors (Lipinski definition) is 0. The molecule has 0 aromatic carbocycles. The van der Waals surface area contributed by atoms with Crippen LogP contribution in [0.1, 0.15) is 13.8 Å². The van der Waals surface area contributed by atoms with Crippen LogP contribution in [0.25, 0.3) is 0 Å². The summed E-state index contributed by atoms with van der Waals surface area (Å²) < 4.78 is 34.8. The zero-order valence-electron chi connectivity index (χ0n) is 5.20. The first-order valence-electron chi connectivity index (χ1n) is 2.56. The van der Waals surface area contributed by atoms with Gasteiger partial charge < -0.3 is 0 Å². The molecule has 1 nitrogen and oxygen atoms in total. The molecule has 0 saturated carbocycles. The highest BCUT2D eigenvalue weighted by Gasteiger charge is 2.43. The van der Waals surface area contributed by atoms with Crippen molar-refractivity contribution in [2.75, 3.05) is 0 Å². The van der Waals surface area contributed by atoms with Gasteiger partial charge in [0.15, 0.2) is 0 Å². The summed E-state index contributed by atoms with van der Waals surface area (Å²) in [6.07, 6.45) is -3.43. The lowest BCUT2D eigenvalue weighted by Gasteiger charge is -2.18. The molecule has 1 unspecified atom stereocenters. The molecule has 0 aromatic heterocycles. The molecule has 0 bridgehead atoms. The SMILES string of the molecule is CC(C)C([O])(F)C(F)F. The highest BCUT2D eigenvalue weighted by molar-refractivity contribution is 4.70. The highest BCUT2D eigenvalue weighted by atomic mass is 19.3. The van der Waals surface area contributed by atoms with Crippen LogP contribution in [0.5, 0.6) is 0 Å². The van der Waals surface area contributed by atoms with Crippen LogP contribution in [-0.4, -0.2) is 12.3 Å². The Hall–Kier alpha value is -0.250. The summed E-state index contributed by atoms with van der Waals surface area (Å²) in [4.78, 5) is 0. The van der Waals surface area contributed by atoms with Gasteiger partial charge in [-0.25, -0.2) is 13.2 Å². The van der Waals surface area contributed by atoms with Gasteiger partial charge in [-0.15, -0.1) is 0 Å². The molecule has 1 atom stereocenters. The summed E-state index contributed by atoms with van der Waals surface area (Å²) in [6.45, 7) is 2.25. The third-order valence-electron chi connectivity index (χ3n) is 1.08. The van der Waals surface area contributed by atoms with Gasteiger partial charge >= 0.3 is 5.85 Å². The summed E-state index contributed by atoms with van der Waals surface area (Å²) in [5.41, 5.74) is 0.